The van der Waals surface area contributed by atoms with E-state index in [1.807, 2.05) is 0 Å². The van der Waals surface area contributed by atoms with Gasteiger partial charge in [-0.15, -0.1) is 0 Å². The molecular formula is C6H10Br3NO. The highest BCUT2D eigenvalue weighted by atomic mass is 79.9. The summed E-state index contributed by atoms with van der Waals surface area (Å²) in [5, 5.41) is 2.29. The maximum Gasteiger partial charge on any atom is 0.218 e. The average Bonchev–Trinajstić information content (AvgIpc) is 2.00. The zero-order chi connectivity index (χ0) is 8.91. The number of hydrogen-bond acceptors (Lipinski definition) is 1. The van der Waals surface area contributed by atoms with Crippen molar-refractivity contribution in [3.8, 4) is 0 Å². The van der Waals surface area contributed by atoms with Gasteiger partial charge >= 0.3 is 0 Å². The molecule has 0 fully saturated rings. The van der Waals surface area contributed by atoms with Gasteiger partial charge < -0.3 is 5.73 Å². The van der Waals surface area contributed by atoms with Gasteiger partial charge in [0.05, 0.1) is 0 Å². The van der Waals surface area contributed by atoms with Gasteiger partial charge in [0.2, 0.25) is 5.91 Å². The van der Waals surface area contributed by atoms with Crippen LogP contribution in [0, 0.1) is 5.41 Å². The summed E-state index contributed by atoms with van der Waals surface area (Å²) in [5.74, 6) is -0.261. The SMILES string of the molecule is NC(=O)CC(CBr)(CBr)CBr. The smallest absolute Gasteiger partial charge is 0.218 e. The molecule has 0 atom stereocenters. The molecule has 0 radical (unpaired) electrons. The van der Waals surface area contributed by atoms with Gasteiger partial charge in [-0.1, -0.05) is 47.8 Å². The predicted molar refractivity (Wildman–Crippen MR) is 57.6 cm³/mol. The van der Waals surface area contributed by atoms with Crippen molar-refractivity contribution in [3.63, 3.8) is 0 Å². The van der Waals surface area contributed by atoms with E-state index < -0.39 is 0 Å². The molecule has 0 saturated carbocycles. The van der Waals surface area contributed by atoms with E-state index in [0.717, 1.165) is 16.0 Å². The van der Waals surface area contributed by atoms with E-state index in [1.54, 1.807) is 0 Å². The summed E-state index contributed by atoms with van der Waals surface area (Å²) in [6.45, 7) is 0. The van der Waals surface area contributed by atoms with Crippen LogP contribution in [0.15, 0.2) is 0 Å². The molecule has 0 aliphatic heterocycles. The van der Waals surface area contributed by atoms with Gasteiger partial charge in [0.1, 0.15) is 0 Å². The Morgan fingerprint density at radius 2 is 1.55 bits per heavy atom. The van der Waals surface area contributed by atoms with Crippen LogP contribution in [0.25, 0.3) is 0 Å². The summed E-state index contributed by atoms with van der Waals surface area (Å²) in [6.07, 6.45) is 0.398. The molecule has 66 valence electrons. The van der Waals surface area contributed by atoms with Crippen molar-refractivity contribution in [2.75, 3.05) is 16.0 Å². The lowest BCUT2D eigenvalue weighted by molar-refractivity contribution is -0.119. The third kappa shape index (κ3) is 3.90. The van der Waals surface area contributed by atoms with E-state index in [4.69, 9.17) is 5.73 Å². The monoisotopic (exact) mass is 349 g/mol. The van der Waals surface area contributed by atoms with Crippen LogP contribution in [0.4, 0.5) is 0 Å². The quantitative estimate of drug-likeness (QED) is 0.757. The Balaban J connectivity index is 4.16. The summed E-state index contributed by atoms with van der Waals surface area (Å²) in [6, 6.07) is 0. The van der Waals surface area contributed by atoms with Crippen LogP contribution < -0.4 is 5.73 Å². The molecule has 0 unspecified atom stereocenters. The summed E-state index contributed by atoms with van der Waals surface area (Å²) >= 11 is 10.1. The fourth-order valence-electron chi connectivity index (χ4n) is 0.618. The highest BCUT2D eigenvalue weighted by Gasteiger charge is 2.28. The maximum atomic E-state index is 10.7. The van der Waals surface area contributed by atoms with Crippen molar-refractivity contribution in [3.05, 3.63) is 0 Å². The number of hydrogen-bond donors (Lipinski definition) is 1. The lowest BCUT2D eigenvalue weighted by Gasteiger charge is -2.25. The first-order valence-corrected chi connectivity index (χ1v) is 6.43. The highest BCUT2D eigenvalue weighted by molar-refractivity contribution is 9.10. The van der Waals surface area contributed by atoms with Crippen molar-refractivity contribution in [1.29, 1.82) is 0 Å². The zero-order valence-corrected chi connectivity index (χ0v) is 10.7. The van der Waals surface area contributed by atoms with Gasteiger partial charge in [0.25, 0.3) is 0 Å². The van der Waals surface area contributed by atoms with E-state index in [0.29, 0.717) is 6.42 Å². The van der Waals surface area contributed by atoms with Crippen LogP contribution in [0.1, 0.15) is 6.42 Å². The Hall–Kier alpha value is 0.910. The second kappa shape index (κ2) is 5.54. The number of amides is 1. The van der Waals surface area contributed by atoms with Gasteiger partial charge in [-0.05, 0) is 0 Å². The maximum absolute atomic E-state index is 10.7. The number of carbonyl (C=O) groups excluding carboxylic acids is 1. The molecule has 0 heterocycles. The molecule has 1 amide bonds. The molecule has 11 heavy (non-hydrogen) atoms. The largest absolute Gasteiger partial charge is 0.370 e. The molecule has 0 rings (SSSR count). The lowest BCUT2D eigenvalue weighted by Crippen LogP contribution is -2.32. The molecule has 0 spiro atoms. The van der Waals surface area contributed by atoms with Crippen molar-refractivity contribution >= 4 is 53.7 Å². The molecule has 0 aromatic rings. The molecule has 5 heteroatoms. The normalized spacial score (nSPS) is 11.5. The Morgan fingerprint density at radius 3 is 1.64 bits per heavy atom. The highest BCUT2D eigenvalue weighted by Crippen LogP contribution is 2.29. The van der Waals surface area contributed by atoms with Crippen LogP contribution in [0.3, 0.4) is 0 Å². The van der Waals surface area contributed by atoms with Gasteiger partial charge in [0, 0.05) is 27.8 Å². The third-order valence-corrected chi connectivity index (χ3v) is 4.97. The first kappa shape index (κ1) is 11.9. The minimum Gasteiger partial charge on any atom is -0.370 e. The fourth-order valence-corrected chi connectivity index (χ4v) is 4.00. The Bertz CT molecular complexity index is 128. The molecule has 0 aliphatic rings. The summed E-state index contributed by atoms with van der Waals surface area (Å²) in [5.41, 5.74) is 5.03. The van der Waals surface area contributed by atoms with E-state index in [2.05, 4.69) is 47.8 Å². The molecule has 0 saturated heterocycles. The summed E-state index contributed by atoms with van der Waals surface area (Å²) < 4.78 is 0. The average molecular weight is 352 g/mol. The van der Waals surface area contributed by atoms with E-state index >= 15 is 0 Å². The van der Waals surface area contributed by atoms with Gasteiger partial charge in [-0.3, -0.25) is 4.79 Å². The number of nitrogens with two attached hydrogens (primary N) is 1. The summed E-state index contributed by atoms with van der Waals surface area (Å²) in [7, 11) is 0. The molecule has 0 aliphatic carbocycles. The minimum absolute atomic E-state index is 0.0775. The number of primary amides is 1. The van der Waals surface area contributed by atoms with Crippen LogP contribution in [0.2, 0.25) is 0 Å². The van der Waals surface area contributed by atoms with Gasteiger partial charge in [0.15, 0.2) is 0 Å². The van der Waals surface area contributed by atoms with Crippen molar-refractivity contribution in [2.24, 2.45) is 11.1 Å². The van der Waals surface area contributed by atoms with Crippen LogP contribution >= 0.6 is 47.8 Å². The van der Waals surface area contributed by atoms with E-state index in [9.17, 15) is 4.79 Å². The van der Waals surface area contributed by atoms with Crippen molar-refractivity contribution in [1.82, 2.24) is 0 Å². The number of carbonyl (C=O) groups is 1. The van der Waals surface area contributed by atoms with Crippen LogP contribution in [0.5, 0.6) is 0 Å². The third-order valence-electron chi connectivity index (χ3n) is 1.40. The number of alkyl halides is 3. The van der Waals surface area contributed by atoms with E-state index in [-0.39, 0.29) is 11.3 Å². The molecular weight excluding hydrogens is 342 g/mol. The summed E-state index contributed by atoms with van der Waals surface area (Å²) in [4.78, 5) is 10.7. The lowest BCUT2D eigenvalue weighted by atomic mass is 9.92. The second-order valence-electron chi connectivity index (χ2n) is 2.54. The van der Waals surface area contributed by atoms with Crippen molar-refractivity contribution in [2.45, 2.75) is 6.42 Å². The number of halogens is 3. The van der Waals surface area contributed by atoms with Gasteiger partial charge in [-0.2, -0.15) is 0 Å². The molecule has 0 aromatic carbocycles. The fraction of sp³-hybridized carbons (Fsp3) is 0.833. The van der Waals surface area contributed by atoms with E-state index in [1.165, 1.54) is 0 Å². The molecule has 2 nitrogen and oxygen atoms in total. The Morgan fingerprint density at radius 1 is 1.18 bits per heavy atom. The zero-order valence-electron chi connectivity index (χ0n) is 5.95. The second-order valence-corrected chi connectivity index (χ2v) is 4.23. The minimum atomic E-state index is -0.261. The Kier molecular flexibility index (Phi) is 6.00. The Labute approximate surface area is 91.7 Å². The van der Waals surface area contributed by atoms with Crippen LogP contribution in [-0.2, 0) is 4.79 Å². The first-order chi connectivity index (χ1) is 5.10. The topological polar surface area (TPSA) is 43.1 Å². The van der Waals surface area contributed by atoms with Crippen LogP contribution in [-0.4, -0.2) is 21.9 Å². The first-order valence-electron chi connectivity index (χ1n) is 3.06. The number of rotatable bonds is 5. The molecule has 0 aromatic heterocycles. The standard InChI is InChI=1S/C6H10Br3NO/c7-2-6(3-8,4-9)1-5(10)11/h1-4H2,(H2,10,11). The molecule has 2 N–H and O–H groups in total. The predicted octanol–water partition coefficient (Wildman–Crippen LogP) is 2.03. The van der Waals surface area contributed by atoms with Crippen molar-refractivity contribution < 1.29 is 4.79 Å². The van der Waals surface area contributed by atoms with Gasteiger partial charge in [-0.25, -0.2) is 0 Å². The molecule has 0 bridgehead atoms.